The summed E-state index contributed by atoms with van der Waals surface area (Å²) in [5.41, 5.74) is 2.39. The first-order valence-electron chi connectivity index (χ1n) is 7.91. The largest absolute Gasteiger partial charge is 0.348 e. The van der Waals surface area contributed by atoms with Crippen molar-refractivity contribution in [1.29, 1.82) is 0 Å². The number of amides is 1. The van der Waals surface area contributed by atoms with Crippen molar-refractivity contribution >= 4 is 17.5 Å². The van der Waals surface area contributed by atoms with E-state index < -0.39 is 0 Å². The van der Waals surface area contributed by atoms with Crippen LogP contribution in [0.15, 0.2) is 30.5 Å². The third-order valence-electron chi connectivity index (χ3n) is 4.05. The maximum Gasteiger partial charge on any atom is 0.255 e. The van der Waals surface area contributed by atoms with Crippen LogP contribution in [0.4, 0.5) is 0 Å². The van der Waals surface area contributed by atoms with Gasteiger partial charge >= 0.3 is 0 Å². The number of nitrogens with one attached hydrogen (secondary N) is 2. The minimum absolute atomic E-state index is 0.0596. The lowest BCUT2D eigenvalue weighted by Crippen LogP contribution is -2.36. The van der Waals surface area contributed by atoms with E-state index in [1.54, 1.807) is 10.9 Å². The lowest BCUT2D eigenvalue weighted by molar-refractivity contribution is 0.0938. The van der Waals surface area contributed by atoms with Gasteiger partial charge in [-0.05, 0) is 37.1 Å². The van der Waals surface area contributed by atoms with Gasteiger partial charge in [0.05, 0.1) is 23.1 Å². The van der Waals surface area contributed by atoms with E-state index in [1.807, 2.05) is 24.3 Å². The predicted octanol–water partition coefficient (Wildman–Crippen LogP) is 2.74. The highest BCUT2D eigenvalue weighted by Crippen LogP contribution is 2.24. The smallest absolute Gasteiger partial charge is 0.255 e. The highest BCUT2D eigenvalue weighted by Gasteiger charge is 2.24. The molecule has 1 atom stereocenters. The van der Waals surface area contributed by atoms with Gasteiger partial charge in [0, 0.05) is 17.6 Å². The average Bonchev–Trinajstić information content (AvgIpc) is 3.15. The van der Waals surface area contributed by atoms with E-state index in [9.17, 15) is 4.79 Å². The molecule has 2 aromatic rings. The van der Waals surface area contributed by atoms with Crippen LogP contribution in [0.2, 0.25) is 5.02 Å². The first-order chi connectivity index (χ1) is 11.1. The monoisotopic (exact) mass is 332 g/mol. The Morgan fingerprint density at radius 2 is 2.30 bits per heavy atom. The Kier molecular flexibility index (Phi) is 4.68. The van der Waals surface area contributed by atoms with Crippen molar-refractivity contribution in [2.45, 2.75) is 32.2 Å². The van der Waals surface area contributed by atoms with Gasteiger partial charge in [-0.2, -0.15) is 5.10 Å². The summed E-state index contributed by atoms with van der Waals surface area (Å²) in [7, 11) is 0. The Morgan fingerprint density at radius 3 is 2.96 bits per heavy atom. The van der Waals surface area contributed by atoms with E-state index in [2.05, 4.69) is 29.6 Å². The molecule has 0 aliphatic carbocycles. The molecule has 2 N–H and O–H groups in total. The standard InChI is InChI=1S/C17H21ClN4O/c1-11(2)16-15(17(23)21-13-6-7-19-9-13)10-20-22(16)14-5-3-4-12(18)8-14/h3-5,8,10-11,13,19H,6-7,9H2,1-2H3,(H,21,23). The first-order valence-corrected chi connectivity index (χ1v) is 8.29. The molecule has 2 heterocycles. The van der Waals surface area contributed by atoms with Gasteiger partial charge in [0.25, 0.3) is 5.91 Å². The van der Waals surface area contributed by atoms with E-state index in [-0.39, 0.29) is 17.9 Å². The summed E-state index contributed by atoms with van der Waals surface area (Å²) in [5, 5.41) is 11.4. The Bertz CT molecular complexity index is 704. The average molecular weight is 333 g/mol. The normalized spacial score (nSPS) is 17.7. The zero-order valence-corrected chi connectivity index (χ0v) is 14.1. The molecule has 0 radical (unpaired) electrons. The molecular weight excluding hydrogens is 312 g/mol. The van der Waals surface area contributed by atoms with Crippen molar-refractivity contribution in [2.24, 2.45) is 0 Å². The Balaban J connectivity index is 1.93. The fourth-order valence-electron chi connectivity index (χ4n) is 2.94. The fourth-order valence-corrected chi connectivity index (χ4v) is 3.13. The van der Waals surface area contributed by atoms with Crippen molar-refractivity contribution < 1.29 is 4.79 Å². The predicted molar refractivity (Wildman–Crippen MR) is 91.4 cm³/mol. The number of halogens is 1. The molecule has 1 aliphatic heterocycles. The minimum atomic E-state index is -0.0596. The molecule has 1 aliphatic rings. The summed E-state index contributed by atoms with van der Waals surface area (Å²) in [6.45, 7) is 5.90. The SMILES string of the molecule is CC(C)c1c(C(=O)NC2CCNC2)cnn1-c1cccc(Cl)c1. The van der Waals surface area contributed by atoms with Crippen LogP contribution in [0.1, 0.15) is 42.2 Å². The van der Waals surface area contributed by atoms with Crippen LogP contribution in [0.25, 0.3) is 5.69 Å². The minimum Gasteiger partial charge on any atom is -0.348 e. The van der Waals surface area contributed by atoms with Gasteiger partial charge in [-0.3, -0.25) is 4.79 Å². The summed E-state index contributed by atoms with van der Waals surface area (Å²) in [6, 6.07) is 7.69. The number of benzene rings is 1. The van der Waals surface area contributed by atoms with Crippen molar-refractivity contribution in [2.75, 3.05) is 13.1 Å². The van der Waals surface area contributed by atoms with E-state index in [0.717, 1.165) is 30.9 Å². The molecule has 1 aromatic heterocycles. The summed E-state index contributed by atoms with van der Waals surface area (Å²) in [6.07, 6.45) is 2.61. The quantitative estimate of drug-likeness (QED) is 0.905. The highest BCUT2D eigenvalue weighted by molar-refractivity contribution is 6.30. The number of hydrogen-bond acceptors (Lipinski definition) is 3. The molecule has 3 rings (SSSR count). The van der Waals surface area contributed by atoms with Gasteiger partial charge in [0.15, 0.2) is 0 Å². The van der Waals surface area contributed by atoms with Gasteiger partial charge in [-0.15, -0.1) is 0 Å². The second-order valence-electron chi connectivity index (χ2n) is 6.15. The van der Waals surface area contributed by atoms with Crippen LogP contribution >= 0.6 is 11.6 Å². The van der Waals surface area contributed by atoms with Gasteiger partial charge in [0.2, 0.25) is 0 Å². The maximum atomic E-state index is 12.6. The lowest BCUT2D eigenvalue weighted by Gasteiger charge is -2.15. The molecule has 0 bridgehead atoms. The molecule has 0 spiro atoms. The third-order valence-corrected chi connectivity index (χ3v) is 4.28. The fraction of sp³-hybridized carbons (Fsp3) is 0.412. The number of nitrogens with zero attached hydrogens (tertiary/aromatic N) is 2. The molecule has 0 saturated carbocycles. The summed E-state index contributed by atoms with van der Waals surface area (Å²) in [4.78, 5) is 12.6. The highest BCUT2D eigenvalue weighted by atomic mass is 35.5. The lowest BCUT2D eigenvalue weighted by atomic mass is 10.0. The van der Waals surface area contributed by atoms with Crippen LogP contribution < -0.4 is 10.6 Å². The second kappa shape index (κ2) is 6.72. The second-order valence-corrected chi connectivity index (χ2v) is 6.59. The molecule has 6 heteroatoms. The van der Waals surface area contributed by atoms with E-state index in [4.69, 9.17) is 11.6 Å². The van der Waals surface area contributed by atoms with Crippen LogP contribution in [-0.4, -0.2) is 34.8 Å². The molecule has 1 amide bonds. The van der Waals surface area contributed by atoms with Crippen LogP contribution in [0.5, 0.6) is 0 Å². The van der Waals surface area contributed by atoms with Crippen molar-refractivity contribution in [3.05, 3.63) is 46.7 Å². The van der Waals surface area contributed by atoms with E-state index in [1.165, 1.54) is 0 Å². The number of hydrogen-bond donors (Lipinski definition) is 2. The van der Waals surface area contributed by atoms with Crippen molar-refractivity contribution in [3.8, 4) is 5.69 Å². The zero-order chi connectivity index (χ0) is 16.4. The number of carbonyl (C=O) groups excluding carboxylic acids is 1. The van der Waals surface area contributed by atoms with Crippen molar-refractivity contribution in [1.82, 2.24) is 20.4 Å². The molecule has 1 aromatic carbocycles. The van der Waals surface area contributed by atoms with Crippen LogP contribution in [0.3, 0.4) is 0 Å². The Labute approximate surface area is 141 Å². The van der Waals surface area contributed by atoms with Crippen molar-refractivity contribution in [3.63, 3.8) is 0 Å². The molecule has 122 valence electrons. The van der Waals surface area contributed by atoms with Gasteiger partial charge in [-0.1, -0.05) is 31.5 Å². The molecule has 5 nitrogen and oxygen atoms in total. The number of carbonyl (C=O) groups is 1. The molecule has 23 heavy (non-hydrogen) atoms. The summed E-state index contributed by atoms with van der Waals surface area (Å²) in [5.74, 6) is 0.106. The summed E-state index contributed by atoms with van der Waals surface area (Å²) >= 11 is 6.08. The molecule has 1 unspecified atom stereocenters. The third kappa shape index (κ3) is 3.41. The Hall–Kier alpha value is -1.85. The number of rotatable bonds is 4. The van der Waals surface area contributed by atoms with Crippen LogP contribution in [-0.2, 0) is 0 Å². The topological polar surface area (TPSA) is 59.0 Å². The number of aromatic nitrogens is 2. The molecule has 1 saturated heterocycles. The van der Waals surface area contributed by atoms with Gasteiger partial charge in [-0.25, -0.2) is 4.68 Å². The van der Waals surface area contributed by atoms with E-state index >= 15 is 0 Å². The first kappa shape index (κ1) is 16.0. The Morgan fingerprint density at radius 1 is 1.48 bits per heavy atom. The van der Waals surface area contributed by atoms with Gasteiger partial charge < -0.3 is 10.6 Å². The molecular formula is C17H21ClN4O. The summed E-state index contributed by atoms with van der Waals surface area (Å²) < 4.78 is 1.80. The van der Waals surface area contributed by atoms with Crippen LogP contribution in [0, 0.1) is 0 Å². The zero-order valence-electron chi connectivity index (χ0n) is 13.3. The van der Waals surface area contributed by atoms with Gasteiger partial charge in [0.1, 0.15) is 0 Å². The van der Waals surface area contributed by atoms with E-state index in [0.29, 0.717) is 10.6 Å². The maximum absolute atomic E-state index is 12.6. The molecule has 1 fully saturated rings.